The molecule has 2 amide bonds. The summed E-state index contributed by atoms with van der Waals surface area (Å²) in [6.45, 7) is 1.10. The second-order valence-corrected chi connectivity index (χ2v) is 6.87. The number of urea groups is 1. The van der Waals surface area contributed by atoms with Crippen LogP contribution in [0.5, 0.6) is 0 Å². The molecule has 0 unspecified atom stereocenters. The fourth-order valence-electron chi connectivity index (χ4n) is 2.26. The maximum Gasteiger partial charge on any atom is 0.319 e. The molecule has 0 spiro atoms. The Morgan fingerprint density at radius 1 is 1.30 bits per heavy atom. The van der Waals surface area contributed by atoms with Gasteiger partial charge in [-0.05, 0) is 36.7 Å². The van der Waals surface area contributed by atoms with Gasteiger partial charge in [0.2, 0.25) is 10.0 Å². The predicted octanol–water partition coefficient (Wildman–Crippen LogP) is 0.634. The number of carbonyl (C=O) groups excluding carboxylic acids is 1. The second kappa shape index (κ2) is 5.41. The third-order valence-corrected chi connectivity index (χ3v) is 4.83. The molecule has 1 heterocycles. The largest absolute Gasteiger partial charge is 0.331 e. The lowest BCUT2D eigenvalue weighted by atomic mass is 10.0. The van der Waals surface area contributed by atoms with E-state index in [4.69, 9.17) is 0 Å². The lowest BCUT2D eigenvalue weighted by molar-refractivity contribution is 0.165. The van der Waals surface area contributed by atoms with E-state index in [2.05, 4.69) is 4.72 Å². The molecule has 7 heteroatoms. The van der Waals surface area contributed by atoms with E-state index in [1.165, 1.54) is 11.9 Å². The number of hydrogen-bond acceptors (Lipinski definition) is 3. The molecule has 2 rings (SSSR count). The molecule has 1 aliphatic rings. The Kier molecular flexibility index (Phi) is 4.01. The summed E-state index contributed by atoms with van der Waals surface area (Å²) < 4.78 is 25.9. The number of nitrogens with zero attached hydrogens (tertiary/aromatic N) is 2. The molecular weight excluding hydrogens is 278 g/mol. The monoisotopic (exact) mass is 297 g/mol. The van der Waals surface area contributed by atoms with E-state index in [0.717, 1.165) is 17.5 Å². The van der Waals surface area contributed by atoms with Crippen LogP contribution in [0.15, 0.2) is 23.1 Å². The van der Waals surface area contributed by atoms with Crippen molar-refractivity contribution in [3.63, 3.8) is 0 Å². The van der Waals surface area contributed by atoms with Crippen LogP contribution >= 0.6 is 0 Å². The molecular formula is C13H19N3O3S. The Bertz CT molecular complexity index is 626. The fourth-order valence-corrected chi connectivity index (χ4v) is 3.04. The molecule has 0 fully saturated rings. The molecule has 0 atom stereocenters. The van der Waals surface area contributed by atoms with Gasteiger partial charge in [-0.25, -0.2) is 17.9 Å². The maximum atomic E-state index is 12.0. The number of amides is 2. The van der Waals surface area contributed by atoms with Crippen LogP contribution in [-0.4, -0.2) is 51.9 Å². The average Bonchev–Trinajstić information content (AvgIpc) is 2.45. The predicted molar refractivity (Wildman–Crippen MR) is 75.9 cm³/mol. The van der Waals surface area contributed by atoms with Crippen LogP contribution in [-0.2, 0) is 23.0 Å². The van der Waals surface area contributed by atoms with Crippen molar-refractivity contribution in [2.45, 2.75) is 17.9 Å². The first-order valence-corrected chi connectivity index (χ1v) is 7.85. The number of nitrogens with one attached hydrogen (secondary N) is 1. The number of hydrogen-bond donors (Lipinski definition) is 1. The molecule has 6 nitrogen and oxygen atoms in total. The summed E-state index contributed by atoms with van der Waals surface area (Å²) in [5.74, 6) is 0. The zero-order chi connectivity index (χ0) is 14.9. The Labute approximate surface area is 119 Å². The van der Waals surface area contributed by atoms with E-state index in [-0.39, 0.29) is 10.9 Å². The van der Waals surface area contributed by atoms with Crippen LogP contribution < -0.4 is 4.72 Å². The molecule has 0 aliphatic carbocycles. The van der Waals surface area contributed by atoms with Gasteiger partial charge in [0.25, 0.3) is 0 Å². The second-order valence-electron chi connectivity index (χ2n) is 4.99. The fraction of sp³-hybridized carbons (Fsp3) is 0.462. The van der Waals surface area contributed by atoms with Crippen LogP contribution in [0.1, 0.15) is 11.1 Å². The zero-order valence-corrected chi connectivity index (χ0v) is 12.7. The summed E-state index contributed by atoms with van der Waals surface area (Å²) in [6.07, 6.45) is 0.745. The summed E-state index contributed by atoms with van der Waals surface area (Å²) in [7, 11) is 1.35. The van der Waals surface area contributed by atoms with Gasteiger partial charge >= 0.3 is 6.03 Å². The van der Waals surface area contributed by atoms with Crippen LogP contribution in [0.3, 0.4) is 0 Å². The molecule has 0 saturated heterocycles. The van der Waals surface area contributed by atoms with Gasteiger partial charge in [0.05, 0.1) is 4.90 Å². The van der Waals surface area contributed by atoms with Gasteiger partial charge in [0.1, 0.15) is 0 Å². The molecule has 110 valence electrons. The third-order valence-electron chi connectivity index (χ3n) is 3.42. The number of carbonyl (C=O) groups is 1. The Morgan fingerprint density at radius 2 is 2.00 bits per heavy atom. The minimum atomic E-state index is -3.45. The first-order chi connectivity index (χ1) is 9.35. The van der Waals surface area contributed by atoms with E-state index in [0.29, 0.717) is 13.1 Å². The molecule has 1 aliphatic heterocycles. The van der Waals surface area contributed by atoms with Crippen molar-refractivity contribution in [3.05, 3.63) is 29.3 Å². The molecule has 1 aromatic rings. The van der Waals surface area contributed by atoms with Gasteiger partial charge in [-0.15, -0.1) is 0 Å². The SMILES string of the molecule is CNS(=O)(=O)c1ccc2c(c1)CN(C(=O)N(C)C)CC2. The highest BCUT2D eigenvalue weighted by atomic mass is 32.2. The molecule has 0 bridgehead atoms. The van der Waals surface area contributed by atoms with E-state index in [9.17, 15) is 13.2 Å². The first-order valence-electron chi connectivity index (χ1n) is 6.36. The van der Waals surface area contributed by atoms with Crippen LogP contribution in [0.2, 0.25) is 0 Å². The summed E-state index contributed by atoms with van der Waals surface area (Å²) in [5, 5.41) is 0. The molecule has 0 radical (unpaired) electrons. The van der Waals surface area contributed by atoms with Crippen molar-refractivity contribution in [2.24, 2.45) is 0 Å². The topological polar surface area (TPSA) is 69.7 Å². The van der Waals surface area contributed by atoms with Crippen molar-refractivity contribution in [3.8, 4) is 0 Å². The van der Waals surface area contributed by atoms with Crippen molar-refractivity contribution >= 4 is 16.1 Å². The van der Waals surface area contributed by atoms with Gasteiger partial charge < -0.3 is 9.80 Å². The minimum absolute atomic E-state index is 0.0578. The smallest absolute Gasteiger partial charge is 0.319 e. The van der Waals surface area contributed by atoms with Crippen LogP contribution in [0, 0.1) is 0 Å². The average molecular weight is 297 g/mol. The van der Waals surface area contributed by atoms with Crippen molar-refractivity contribution in [1.82, 2.24) is 14.5 Å². The third kappa shape index (κ3) is 2.78. The van der Waals surface area contributed by atoms with Gasteiger partial charge in [-0.3, -0.25) is 0 Å². The van der Waals surface area contributed by atoms with Gasteiger partial charge in [-0.2, -0.15) is 0 Å². The number of benzene rings is 1. The number of rotatable bonds is 2. The summed E-state index contributed by atoms with van der Waals surface area (Å²) >= 11 is 0. The quantitative estimate of drug-likeness (QED) is 0.870. The van der Waals surface area contributed by atoms with E-state index < -0.39 is 10.0 Å². The number of sulfonamides is 1. The summed E-state index contributed by atoms with van der Waals surface area (Å²) in [5.41, 5.74) is 1.99. The lowest BCUT2D eigenvalue weighted by Crippen LogP contribution is -2.42. The van der Waals surface area contributed by atoms with E-state index in [1.807, 2.05) is 6.07 Å². The Hall–Kier alpha value is -1.60. The Balaban J connectivity index is 2.31. The van der Waals surface area contributed by atoms with E-state index >= 15 is 0 Å². The minimum Gasteiger partial charge on any atom is -0.331 e. The van der Waals surface area contributed by atoms with Gasteiger partial charge in [-0.1, -0.05) is 6.07 Å². The van der Waals surface area contributed by atoms with Crippen LogP contribution in [0.4, 0.5) is 4.79 Å². The van der Waals surface area contributed by atoms with Crippen LogP contribution in [0.25, 0.3) is 0 Å². The number of fused-ring (bicyclic) bond motifs is 1. The lowest BCUT2D eigenvalue weighted by Gasteiger charge is -2.31. The zero-order valence-electron chi connectivity index (χ0n) is 11.9. The summed E-state index contributed by atoms with van der Waals surface area (Å²) in [6, 6.07) is 5.03. The highest BCUT2D eigenvalue weighted by Crippen LogP contribution is 2.23. The molecule has 0 aromatic heterocycles. The van der Waals surface area contributed by atoms with Crippen molar-refractivity contribution < 1.29 is 13.2 Å². The van der Waals surface area contributed by atoms with Crippen molar-refractivity contribution in [1.29, 1.82) is 0 Å². The van der Waals surface area contributed by atoms with E-state index in [1.54, 1.807) is 31.1 Å². The van der Waals surface area contributed by atoms with Crippen molar-refractivity contribution in [2.75, 3.05) is 27.7 Å². The molecule has 1 N–H and O–H groups in total. The molecule has 0 saturated carbocycles. The first kappa shape index (κ1) is 14.8. The van der Waals surface area contributed by atoms with Gasteiger partial charge in [0, 0.05) is 27.2 Å². The maximum absolute atomic E-state index is 12.0. The highest BCUT2D eigenvalue weighted by Gasteiger charge is 2.23. The normalized spacial score (nSPS) is 14.8. The van der Waals surface area contributed by atoms with Gasteiger partial charge in [0.15, 0.2) is 0 Å². The summed E-state index contributed by atoms with van der Waals surface area (Å²) in [4.78, 5) is 15.4. The molecule has 1 aromatic carbocycles. The molecule has 20 heavy (non-hydrogen) atoms. The Morgan fingerprint density at radius 3 is 2.60 bits per heavy atom. The highest BCUT2D eigenvalue weighted by molar-refractivity contribution is 7.89. The standard InChI is InChI=1S/C13H19N3O3S/c1-14-20(18,19)12-5-4-10-6-7-16(9-11(10)8-12)13(17)15(2)3/h4-5,8,14H,6-7,9H2,1-3H3.